The Bertz CT molecular complexity index is 2000. The molecule has 1 fully saturated rings. The molecule has 0 spiro atoms. The molecular formula is C31H28ClF3N8O. The molecule has 3 heterocycles. The Morgan fingerprint density at radius 2 is 1.93 bits per heavy atom. The van der Waals surface area contributed by atoms with Gasteiger partial charge in [-0.25, -0.2) is 4.68 Å². The quantitative estimate of drug-likeness (QED) is 0.181. The van der Waals surface area contributed by atoms with Crippen molar-refractivity contribution in [3.05, 3.63) is 87.2 Å². The first-order valence-electron chi connectivity index (χ1n) is 13.9. The third-order valence-corrected chi connectivity index (χ3v) is 8.10. The van der Waals surface area contributed by atoms with Crippen molar-refractivity contribution in [3.8, 4) is 6.07 Å². The van der Waals surface area contributed by atoms with Crippen LogP contribution in [0.5, 0.6) is 0 Å². The lowest BCUT2D eigenvalue weighted by Gasteiger charge is -2.23. The Hall–Kier alpha value is -4.63. The number of H-pyrrole nitrogens is 1. The zero-order chi connectivity index (χ0) is 31.4. The van der Waals surface area contributed by atoms with Crippen molar-refractivity contribution in [2.75, 3.05) is 17.2 Å². The van der Waals surface area contributed by atoms with Crippen LogP contribution in [-0.4, -0.2) is 37.7 Å². The van der Waals surface area contributed by atoms with Crippen LogP contribution in [0, 0.1) is 16.7 Å². The van der Waals surface area contributed by atoms with Gasteiger partial charge >= 0.3 is 6.18 Å². The van der Waals surface area contributed by atoms with E-state index in [1.54, 1.807) is 36.4 Å². The first kappa shape index (κ1) is 29.4. The van der Waals surface area contributed by atoms with Gasteiger partial charge in [0.25, 0.3) is 5.56 Å². The molecule has 1 unspecified atom stereocenters. The minimum atomic E-state index is -4.48. The maximum atomic E-state index is 14.0. The smallest absolute Gasteiger partial charge is 0.383 e. The summed E-state index contributed by atoms with van der Waals surface area (Å²) in [7, 11) is 0. The van der Waals surface area contributed by atoms with Crippen LogP contribution in [0.25, 0.3) is 21.7 Å². The number of rotatable bonds is 7. The maximum absolute atomic E-state index is 14.0. The van der Waals surface area contributed by atoms with E-state index in [4.69, 9.17) is 11.6 Å². The highest BCUT2D eigenvalue weighted by molar-refractivity contribution is 6.35. The number of fused-ring (bicyclic) bond motifs is 2. The van der Waals surface area contributed by atoms with Gasteiger partial charge in [0.1, 0.15) is 11.8 Å². The molecule has 226 valence electrons. The van der Waals surface area contributed by atoms with Gasteiger partial charge in [-0.15, -0.1) is 5.10 Å². The van der Waals surface area contributed by atoms with Gasteiger partial charge in [0, 0.05) is 35.4 Å². The van der Waals surface area contributed by atoms with E-state index in [1.807, 2.05) is 0 Å². The van der Waals surface area contributed by atoms with E-state index in [1.165, 1.54) is 18.6 Å². The summed E-state index contributed by atoms with van der Waals surface area (Å²) in [5.41, 5.74) is 0.215. The Balaban J connectivity index is 1.50. The highest BCUT2D eigenvalue weighted by Crippen LogP contribution is 2.55. The number of halogens is 4. The van der Waals surface area contributed by atoms with Gasteiger partial charge in [-0.2, -0.15) is 18.4 Å². The lowest BCUT2D eigenvalue weighted by molar-refractivity contribution is -0.182. The van der Waals surface area contributed by atoms with Gasteiger partial charge in [0.05, 0.1) is 34.0 Å². The average molecular weight is 621 g/mol. The number of aromatic amines is 1. The number of pyridine rings is 2. The molecule has 0 bridgehead atoms. The maximum Gasteiger partial charge on any atom is 0.413 e. The Morgan fingerprint density at radius 3 is 2.61 bits per heavy atom. The molecule has 1 atom stereocenters. The minimum absolute atomic E-state index is 0.0834. The Kier molecular flexibility index (Phi) is 7.04. The van der Waals surface area contributed by atoms with E-state index >= 15 is 0 Å². The largest absolute Gasteiger partial charge is 0.413 e. The summed E-state index contributed by atoms with van der Waals surface area (Å²) in [5.74, 6) is 0. The van der Waals surface area contributed by atoms with Crippen LogP contribution in [0.15, 0.2) is 59.8 Å². The summed E-state index contributed by atoms with van der Waals surface area (Å²) < 4.78 is 42.7. The van der Waals surface area contributed by atoms with Crippen LogP contribution in [0.3, 0.4) is 0 Å². The molecule has 1 aliphatic rings. The van der Waals surface area contributed by atoms with E-state index in [0.29, 0.717) is 55.7 Å². The van der Waals surface area contributed by atoms with Gasteiger partial charge in [-0.05, 0) is 53.5 Å². The molecule has 0 radical (unpaired) electrons. The van der Waals surface area contributed by atoms with Crippen LogP contribution in [-0.2, 0) is 5.54 Å². The predicted molar refractivity (Wildman–Crippen MR) is 163 cm³/mol. The fourth-order valence-electron chi connectivity index (χ4n) is 5.33. The van der Waals surface area contributed by atoms with Gasteiger partial charge in [-0.3, -0.25) is 9.78 Å². The first-order chi connectivity index (χ1) is 20.8. The number of hydrogen-bond donors (Lipinski definition) is 3. The van der Waals surface area contributed by atoms with Crippen molar-refractivity contribution in [2.24, 2.45) is 5.41 Å². The summed E-state index contributed by atoms with van der Waals surface area (Å²) in [5, 5.41) is 26.6. The van der Waals surface area contributed by atoms with Gasteiger partial charge < -0.3 is 15.6 Å². The number of benzene rings is 2. The van der Waals surface area contributed by atoms with Crippen molar-refractivity contribution in [1.82, 2.24) is 25.0 Å². The zero-order valence-electron chi connectivity index (χ0n) is 24.1. The molecular weight excluding hydrogens is 593 g/mol. The number of alkyl halides is 3. The van der Waals surface area contributed by atoms with E-state index in [9.17, 15) is 23.2 Å². The molecule has 3 N–H and O–H groups in total. The second-order valence-electron chi connectivity index (χ2n) is 12.2. The van der Waals surface area contributed by atoms with Crippen LogP contribution < -0.4 is 16.2 Å². The molecule has 13 heteroatoms. The molecule has 0 saturated heterocycles. The fraction of sp³-hybridized carbons (Fsp3) is 0.323. The highest BCUT2D eigenvalue weighted by Gasteiger charge is 2.66. The number of nitriles is 1. The fourth-order valence-corrected chi connectivity index (χ4v) is 5.59. The number of nitrogens with one attached hydrogen (secondary N) is 3. The summed E-state index contributed by atoms with van der Waals surface area (Å²) >= 11 is 6.72. The van der Waals surface area contributed by atoms with Crippen molar-refractivity contribution >= 4 is 44.7 Å². The monoisotopic (exact) mass is 620 g/mol. The third kappa shape index (κ3) is 5.21. The standard InChI is InChI=1S/C31H28ClF3N8O/c1-29(2,3)16-39-25-17(13-36)14-38-26-22(25)11-18(12-23(26)32)40-27(20-5-4-6-21-19(20)7-10-37-28(21)44)24-15-43(42-41-24)30(8-9-30)31(33,34)35/h4-7,10-12,14-15,27,40H,8-9,16H2,1-3H3,(H,37,44)(H,38,39). The molecule has 0 amide bonds. The predicted octanol–water partition coefficient (Wildman–Crippen LogP) is 6.90. The van der Waals surface area contributed by atoms with Gasteiger partial charge in [0.2, 0.25) is 0 Å². The van der Waals surface area contributed by atoms with Crippen LogP contribution in [0.2, 0.25) is 5.02 Å². The number of aromatic nitrogens is 5. The number of nitrogens with zero attached hydrogens (tertiary/aromatic N) is 5. The van der Waals surface area contributed by atoms with E-state index in [0.717, 1.165) is 4.68 Å². The second kappa shape index (κ2) is 10.5. The SMILES string of the molecule is CC(C)(C)CNc1c(C#N)cnc2c(Cl)cc(NC(c3cn(C4(C(F)(F)F)CC4)nn3)c3cccc4c(=O)[nH]ccc34)cc12. The second-order valence-corrected chi connectivity index (χ2v) is 12.6. The van der Waals surface area contributed by atoms with Gasteiger partial charge in [-0.1, -0.05) is 49.7 Å². The number of hydrogen-bond acceptors (Lipinski definition) is 7. The van der Waals surface area contributed by atoms with Crippen molar-refractivity contribution in [1.29, 1.82) is 5.26 Å². The summed E-state index contributed by atoms with van der Waals surface area (Å²) in [6, 6.07) is 11.7. The summed E-state index contributed by atoms with van der Waals surface area (Å²) in [4.78, 5) is 19.7. The summed E-state index contributed by atoms with van der Waals surface area (Å²) in [6.45, 7) is 6.75. The normalized spacial score (nSPS) is 15.2. The Morgan fingerprint density at radius 1 is 1.16 bits per heavy atom. The Labute approximate surface area is 255 Å². The van der Waals surface area contributed by atoms with E-state index in [-0.39, 0.29) is 29.5 Å². The van der Waals surface area contributed by atoms with E-state index in [2.05, 4.69) is 57.8 Å². The average Bonchev–Trinajstić information content (AvgIpc) is 3.65. The number of anilines is 2. The molecule has 0 aliphatic heterocycles. The van der Waals surface area contributed by atoms with Crippen molar-refractivity contribution in [2.45, 2.75) is 51.4 Å². The first-order valence-corrected chi connectivity index (χ1v) is 14.3. The lowest BCUT2D eigenvalue weighted by atomic mass is 9.96. The molecule has 2 aromatic carbocycles. The third-order valence-electron chi connectivity index (χ3n) is 7.81. The summed E-state index contributed by atoms with van der Waals surface area (Å²) in [6.07, 6.45) is -0.366. The molecule has 44 heavy (non-hydrogen) atoms. The molecule has 1 aliphatic carbocycles. The molecule has 6 rings (SSSR count). The van der Waals surface area contributed by atoms with Crippen LogP contribution in [0.4, 0.5) is 24.5 Å². The van der Waals surface area contributed by atoms with E-state index < -0.39 is 17.8 Å². The van der Waals surface area contributed by atoms with Crippen LogP contribution >= 0.6 is 11.6 Å². The molecule has 3 aromatic heterocycles. The van der Waals surface area contributed by atoms with Gasteiger partial charge in [0.15, 0.2) is 5.54 Å². The van der Waals surface area contributed by atoms with Crippen LogP contribution in [0.1, 0.15) is 56.5 Å². The topological polar surface area (TPSA) is 124 Å². The minimum Gasteiger partial charge on any atom is -0.383 e. The lowest BCUT2D eigenvalue weighted by Crippen LogP contribution is -2.35. The van der Waals surface area contributed by atoms with Crippen molar-refractivity contribution in [3.63, 3.8) is 0 Å². The zero-order valence-corrected chi connectivity index (χ0v) is 24.8. The molecule has 1 saturated carbocycles. The molecule has 5 aromatic rings. The molecule has 9 nitrogen and oxygen atoms in total. The highest BCUT2D eigenvalue weighted by atomic mass is 35.5. The van der Waals surface area contributed by atoms with Crippen molar-refractivity contribution < 1.29 is 13.2 Å².